The third kappa shape index (κ3) is 3.75. The second-order valence-corrected chi connectivity index (χ2v) is 7.81. The van der Waals surface area contributed by atoms with E-state index in [0.29, 0.717) is 23.7 Å². The molecule has 1 aliphatic rings. The van der Waals surface area contributed by atoms with Crippen molar-refractivity contribution in [3.63, 3.8) is 0 Å². The molecule has 7 heteroatoms. The van der Waals surface area contributed by atoms with Crippen molar-refractivity contribution in [3.8, 4) is 11.5 Å². The monoisotopic (exact) mass is 397 g/mol. The molecule has 6 nitrogen and oxygen atoms in total. The first-order chi connectivity index (χ1) is 13.7. The number of amides is 1. The molecule has 0 radical (unpaired) electrons. The number of thiazole rings is 1. The Kier molecular flexibility index (Phi) is 5.34. The summed E-state index contributed by atoms with van der Waals surface area (Å²) < 4.78 is 11.8. The number of ether oxygens (including phenoxy) is 2. The summed E-state index contributed by atoms with van der Waals surface area (Å²) in [5, 5.41) is 4.00. The Morgan fingerprint density at radius 1 is 1.21 bits per heavy atom. The van der Waals surface area contributed by atoms with Gasteiger partial charge in [-0.05, 0) is 37.1 Å². The van der Waals surface area contributed by atoms with E-state index in [0.717, 1.165) is 30.0 Å². The van der Waals surface area contributed by atoms with Crippen LogP contribution in [0.25, 0.3) is 10.2 Å². The van der Waals surface area contributed by atoms with Crippen molar-refractivity contribution in [3.05, 3.63) is 42.5 Å². The van der Waals surface area contributed by atoms with Gasteiger partial charge in [0.2, 0.25) is 5.91 Å². The summed E-state index contributed by atoms with van der Waals surface area (Å²) in [6, 6.07) is 13.5. The summed E-state index contributed by atoms with van der Waals surface area (Å²) in [5.41, 5.74) is 1.64. The van der Waals surface area contributed by atoms with Gasteiger partial charge in [0.05, 0.1) is 36.0 Å². The molecular formula is C21H23N3O3S. The number of hydrogen-bond acceptors (Lipinski definition) is 6. The molecule has 4 rings (SSSR count). The van der Waals surface area contributed by atoms with Crippen LogP contribution in [0.5, 0.6) is 11.5 Å². The van der Waals surface area contributed by atoms with E-state index < -0.39 is 0 Å². The Morgan fingerprint density at radius 2 is 2.07 bits per heavy atom. The van der Waals surface area contributed by atoms with E-state index in [4.69, 9.17) is 14.5 Å². The van der Waals surface area contributed by atoms with Crippen LogP contribution in [0, 0.1) is 5.92 Å². The molecule has 1 unspecified atom stereocenters. The molecule has 0 bridgehead atoms. The zero-order valence-electron chi connectivity index (χ0n) is 16.0. The number of carbonyl (C=O) groups is 1. The fraction of sp³-hybridized carbons (Fsp3) is 0.333. The smallest absolute Gasteiger partial charge is 0.229 e. The predicted octanol–water partition coefficient (Wildman–Crippen LogP) is 4.17. The number of benzene rings is 2. The normalized spacial score (nSPS) is 16.8. The van der Waals surface area contributed by atoms with Gasteiger partial charge >= 0.3 is 0 Å². The predicted molar refractivity (Wildman–Crippen MR) is 113 cm³/mol. The summed E-state index contributed by atoms with van der Waals surface area (Å²) in [5.74, 6) is 1.19. The van der Waals surface area contributed by atoms with Crippen molar-refractivity contribution >= 4 is 38.3 Å². The molecule has 1 saturated heterocycles. The molecule has 0 saturated carbocycles. The summed E-state index contributed by atoms with van der Waals surface area (Å²) in [6.45, 7) is 1.59. The summed E-state index contributed by atoms with van der Waals surface area (Å²) >= 11 is 1.68. The Hall–Kier alpha value is -2.80. The van der Waals surface area contributed by atoms with Crippen LogP contribution in [0.4, 0.5) is 10.8 Å². The van der Waals surface area contributed by atoms with Crippen LogP contribution in [-0.4, -0.2) is 38.2 Å². The van der Waals surface area contributed by atoms with Crippen molar-refractivity contribution in [2.45, 2.75) is 12.8 Å². The van der Waals surface area contributed by atoms with E-state index in [2.05, 4.69) is 16.3 Å². The lowest BCUT2D eigenvalue weighted by Gasteiger charge is -2.31. The number of piperidine rings is 1. The number of aromatic nitrogens is 1. The van der Waals surface area contributed by atoms with Gasteiger partial charge in [0.25, 0.3) is 0 Å². The second kappa shape index (κ2) is 8.06. The van der Waals surface area contributed by atoms with Crippen molar-refractivity contribution in [1.82, 2.24) is 4.98 Å². The highest BCUT2D eigenvalue weighted by Crippen LogP contribution is 2.33. The van der Waals surface area contributed by atoms with Gasteiger partial charge in [-0.3, -0.25) is 4.79 Å². The first-order valence-electron chi connectivity index (χ1n) is 9.31. The molecule has 1 atom stereocenters. The first kappa shape index (κ1) is 18.6. The highest BCUT2D eigenvalue weighted by Gasteiger charge is 2.28. The van der Waals surface area contributed by atoms with Gasteiger partial charge in [-0.25, -0.2) is 4.98 Å². The minimum Gasteiger partial charge on any atom is -0.497 e. The lowest BCUT2D eigenvalue weighted by atomic mass is 9.97. The van der Waals surface area contributed by atoms with E-state index in [1.807, 2.05) is 24.3 Å². The maximum atomic E-state index is 12.9. The zero-order valence-corrected chi connectivity index (χ0v) is 16.8. The third-order valence-electron chi connectivity index (χ3n) is 5.01. The minimum absolute atomic E-state index is 0.00244. The summed E-state index contributed by atoms with van der Waals surface area (Å²) in [4.78, 5) is 19.9. The fourth-order valence-corrected chi connectivity index (χ4v) is 4.51. The van der Waals surface area contributed by atoms with Gasteiger partial charge in [0, 0.05) is 19.2 Å². The van der Waals surface area contributed by atoms with Crippen LogP contribution < -0.4 is 19.7 Å². The Labute approximate surface area is 168 Å². The van der Waals surface area contributed by atoms with Gasteiger partial charge < -0.3 is 19.7 Å². The van der Waals surface area contributed by atoms with Crippen molar-refractivity contribution < 1.29 is 14.3 Å². The number of carbonyl (C=O) groups excluding carboxylic acids is 1. The maximum Gasteiger partial charge on any atom is 0.229 e. The number of fused-ring (bicyclic) bond motifs is 1. The molecule has 0 aliphatic carbocycles. The molecule has 2 aromatic carbocycles. The van der Waals surface area contributed by atoms with Crippen molar-refractivity contribution in [1.29, 1.82) is 0 Å². The average molecular weight is 398 g/mol. The van der Waals surface area contributed by atoms with E-state index in [1.165, 1.54) is 4.70 Å². The number of hydrogen-bond donors (Lipinski definition) is 1. The third-order valence-corrected chi connectivity index (χ3v) is 6.11. The number of rotatable bonds is 5. The minimum atomic E-state index is -0.100. The number of anilines is 2. The molecule has 0 spiro atoms. The first-order valence-corrected chi connectivity index (χ1v) is 10.1. The zero-order chi connectivity index (χ0) is 19.5. The van der Waals surface area contributed by atoms with E-state index in [-0.39, 0.29) is 11.8 Å². The molecule has 2 heterocycles. The highest BCUT2D eigenvalue weighted by atomic mass is 32.1. The molecule has 1 amide bonds. The SMILES string of the molecule is COc1ccc(OC)c(NC(=O)C2CCCN(c3nc4ccccc4s3)C2)c1. The lowest BCUT2D eigenvalue weighted by Crippen LogP contribution is -2.40. The lowest BCUT2D eigenvalue weighted by molar-refractivity contribution is -0.120. The quantitative estimate of drug-likeness (QED) is 0.700. The van der Waals surface area contributed by atoms with Crippen LogP contribution in [-0.2, 0) is 4.79 Å². The maximum absolute atomic E-state index is 12.9. The largest absolute Gasteiger partial charge is 0.497 e. The number of methoxy groups -OCH3 is 2. The topological polar surface area (TPSA) is 63.7 Å². The second-order valence-electron chi connectivity index (χ2n) is 6.80. The molecule has 146 valence electrons. The van der Waals surface area contributed by atoms with Gasteiger partial charge in [0.15, 0.2) is 5.13 Å². The van der Waals surface area contributed by atoms with Gasteiger partial charge in [-0.1, -0.05) is 23.5 Å². The van der Waals surface area contributed by atoms with Crippen molar-refractivity contribution in [2.24, 2.45) is 5.92 Å². The van der Waals surface area contributed by atoms with Crippen LogP contribution in [0.1, 0.15) is 12.8 Å². The number of nitrogens with zero attached hydrogens (tertiary/aromatic N) is 2. The van der Waals surface area contributed by atoms with Gasteiger partial charge in [-0.15, -0.1) is 0 Å². The standard InChI is InChI=1S/C21H23N3O3S/c1-26-15-9-10-18(27-2)17(12-15)22-20(25)14-6-5-11-24(13-14)21-23-16-7-3-4-8-19(16)28-21/h3-4,7-10,12,14H,5-6,11,13H2,1-2H3,(H,22,25). The van der Waals surface area contributed by atoms with Crippen LogP contribution >= 0.6 is 11.3 Å². The molecule has 3 aromatic rings. The molecule has 1 aromatic heterocycles. The molecule has 1 N–H and O–H groups in total. The van der Waals surface area contributed by atoms with Crippen LogP contribution in [0.2, 0.25) is 0 Å². The molecule has 1 fully saturated rings. The summed E-state index contributed by atoms with van der Waals surface area (Å²) in [7, 11) is 3.19. The van der Waals surface area contributed by atoms with Crippen molar-refractivity contribution in [2.75, 3.05) is 37.5 Å². The van der Waals surface area contributed by atoms with E-state index in [1.54, 1.807) is 37.7 Å². The van der Waals surface area contributed by atoms with E-state index >= 15 is 0 Å². The fourth-order valence-electron chi connectivity index (χ4n) is 3.51. The molecule has 28 heavy (non-hydrogen) atoms. The van der Waals surface area contributed by atoms with Crippen LogP contribution in [0.3, 0.4) is 0 Å². The van der Waals surface area contributed by atoms with Gasteiger partial charge in [0.1, 0.15) is 11.5 Å². The van der Waals surface area contributed by atoms with Crippen LogP contribution in [0.15, 0.2) is 42.5 Å². The number of para-hydroxylation sites is 1. The Balaban J connectivity index is 1.49. The summed E-state index contributed by atoms with van der Waals surface area (Å²) in [6.07, 6.45) is 1.82. The molecular weight excluding hydrogens is 374 g/mol. The Bertz CT molecular complexity index is 955. The Morgan fingerprint density at radius 3 is 2.86 bits per heavy atom. The number of nitrogens with one attached hydrogen (secondary N) is 1. The van der Waals surface area contributed by atoms with Gasteiger partial charge in [-0.2, -0.15) is 0 Å². The highest BCUT2D eigenvalue weighted by molar-refractivity contribution is 7.22. The van der Waals surface area contributed by atoms with E-state index in [9.17, 15) is 4.79 Å². The average Bonchev–Trinajstić information content (AvgIpc) is 3.18. The molecule has 1 aliphatic heterocycles.